The topological polar surface area (TPSA) is 68.2 Å². The number of nitrogens with one attached hydrogen (secondary N) is 2. The Morgan fingerprint density at radius 3 is 2.50 bits per heavy atom. The molecule has 0 fully saturated rings. The summed E-state index contributed by atoms with van der Waals surface area (Å²) in [5.41, 5.74) is 3.16. The number of carbonyl (C=O) groups is 1. The van der Waals surface area contributed by atoms with E-state index in [1.165, 1.54) is 0 Å². The molecule has 1 atom stereocenters. The van der Waals surface area contributed by atoms with Crippen molar-refractivity contribution in [1.29, 1.82) is 0 Å². The monoisotopic (exact) mass is 352 g/mol. The third-order valence-corrected chi connectivity index (χ3v) is 3.47. The van der Waals surface area contributed by atoms with Crippen LogP contribution >= 0.6 is 12.4 Å². The Balaban J connectivity index is 0.00000288. The van der Waals surface area contributed by atoms with Crippen LogP contribution in [0.5, 0.6) is 5.75 Å². The van der Waals surface area contributed by atoms with E-state index >= 15 is 0 Å². The maximum Gasteiger partial charge on any atom is 0.241 e. The van der Waals surface area contributed by atoms with E-state index in [9.17, 15) is 4.79 Å². The zero-order chi connectivity index (χ0) is 16.8. The molecule has 0 aliphatic carbocycles. The third-order valence-electron chi connectivity index (χ3n) is 3.47. The first-order valence-corrected chi connectivity index (χ1v) is 7.64. The van der Waals surface area contributed by atoms with Crippen LogP contribution in [0.15, 0.2) is 30.6 Å². The van der Waals surface area contributed by atoms with Crippen LogP contribution in [0.1, 0.15) is 22.7 Å². The summed E-state index contributed by atoms with van der Waals surface area (Å²) in [5.74, 6) is 0.735. The molecule has 1 amide bonds. The van der Waals surface area contributed by atoms with Gasteiger partial charge >= 0.3 is 0 Å². The van der Waals surface area contributed by atoms with Gasteiger partial charge in [-0.25, -0.2) is 0 Å². The van der Waals surface area contributed by atoms with Gasteiger partial charge in [-0.3, -0.25) is 9.48 Å². The third kappa shape index (κ3) is 5.54. The van der Waals surface area contributed by atoms with Gasteiger partial charge in [0.25, 0.3) is 0 Å². The molecule has 1 unspecified atom stereocenters. The number of hydrogen-bond donors (Lipinski definition) is 2. The van der Waals surface area contributed by atoms with Crippen LogP contribution < -0.4 is 15.4 Å². The van der Waals surface area contributed by atoms with Gasteiger partial charge in [0, 0.05) is 18.8 Å². The number of nitrogens with zero attached hydrogens (tertiary/aromatic N) is 2. The molecule has 6 nitrogen and oxygen atoms in total. The summed E-state index contributed by atoms with van der Waals surface area (Å²) < 4.78 is 7.37. The molecule has 2 aromatic rings. The van der Waals surface area contributed by atoms with Crippen LogP contribution in [0.2, 0.25) is 0 Å². The van der Waals surface area contributed by atoms with Crippen LogP contribution in [0.4, 0.5) is 0 Å². The van der Waals surface area contributed by atoms with Crippen LogP contribution in [0, 0.1) is 13.8 Å². The Kier molecular flexibility index (Phi) is 7.74. The highest BCUT2D eigenvalue weighted by Crippen LogP contribution is 2.16. The van der Waals surface area contributed by atoms with Gasteiger partial charge in [0.1, 0.15) is 18.4 Å². The molecule has 7 heteroatoms. The van der Waals surface area contributed by atoms with E-state index in [4.69, 9.17) is 4.74 Å². The molecular weight excluding hydrogens is 328 g/mol. The number of halogens is 1. The molecule has 1 heterocycles. The molecule has 0 aliphatic heterocycles. The maximum atomic E-state index is 12.2. The summed E-state index contributed by atoms with van der Waals surface area (Å²) in [5, 5.41) is 9.97. The minimum absolute atomic E-state index is 0. The van der Waals surface area contributed by atoms with E-state index in [-0.39, 0.29) is 18.3 Å². The quantitative estimate of drug-likeness (QED) is 0.747. The average Bonchev–Trinajstić information content (AvgIpc) is 2.90. The smallest absolute Gasteiger partial charge is 0.241 e. The number of amides is 1. The second-order valence-corrected chi connectivity index (χ2v) is 5.63. The Labute approximate surface area is 149 Å². The van der Waals surface area contributed by atoms with Gasteiger partial charge in [-0.05, 0) is 44.2 Å². The summed E-state index contributed by atoms with van der Waals surface area (Å²) in [7, 11) is 3.58. The summed E-state index contributed by atoms with van der Waals surface area (Å²) >= 11 is 0. The molecule has 0 bridgehead atoms. The predicted molar refractivity (Wildman–Crippen MR) is 96.7 cm³/mol. The fourth-order valence-corrected chi connectivity index (χ4v) is 2.50. The van der Waals surface area contributed by atoms with Crippen molar-refractivity contribution in [3.63, 3.8) is 0 Å². The van der Waals surface area contributed by atoms with Gasteiger partial charge in [-0.15, -0.1) is 12.4 Å². The molecule has 132 valence electrons. The molecule has 1 aromatic heterocycles. The molecule has 24 heavy (non-hydrogen) atoms. The van der Waals surface area contributed by atoms with Crippen molar-refractivity contribution >= 4 is 18.3 Å². The van der Waals surface area contributed by atoms with Crippen LogP contribution in [0.25, 0.3) is 0 Å². The number of benzene rings is 1. The number of ether oxygens (including phenoxy) is 1. The second kappa shape index (κ2) is 9.30. The van der Waals surface area contributed by atoms with E-state index in [0.29, 0.717) is 13.2 Å². The first kappa shape index (κ1) is 20.0. The highest BCUT2D eigenvalue weighted by Gasteiger charge is 2.19. The minimum Gasteiger partial charge on any atom is -0.492 e. The molecule has 0 aliphatic rings. The van der Waals surface area contributed by atoms with Crippen LogP contribution in [0.3, 0.4) is 0 Å². The number of rotatable bonds is 7. The highest BCUT2D eigenvalue weighted by atomic mass is 35.5. The number of aromatic nitrogens is 2. The molecular formula is C17H25ClN4O2. The summed E-state index contributed by atoms with van der Waals surface area (Å²) in [6.45, 7) is 4.95. The lowest BCUT2D eigenvalue weighted by molar-refractivity contribution is -0.123. The van der Waals surface area contributed by atoms with Crippen molar-refractivity contribution < 1.29 is 9.53 Å². The number of likely N-dealkylation sites (N-methyl/N-ethyl adjacent to an activating group) is 1. The van der Waals surface area contributed by atoms with Gasteiger partial charge in [0.15, 0.2) is 0 Å². The molecule has 0 saturated heterocycles. The lowest BCUT2D eigenvalue weighted by Crippen LogP contribution is -2.37. The highest BCUT2D eigenvalue weighted by molar-refractivity contribution is 5.85. The Morgan fingerprint density at radius 2 is 1.96 bits per heavy atom. The Bertz CT molecular complexity index is 652. The maximum absolute atomic E-state index is 12.2. The average molecular weight is 353 g/mol. The van der Waals surface area contributed by atoms with Crippen molar-refractivity contribution in [1.82, 2.24) is 20.4 Å². The summed E-state index contributed by atoms with van der Waals surface area (Å²) in [6.07, 6.45) is 3.51. The molecule has 1 aromatic carbocycles. The lowest BCUT2D eigenvalue weighted by atomic mass is 10.1. The number of carbonyl (C=O) groups excluding carboxylic acids is 1. The van der Waals surface area contributed by atoms with Gasteiger partial charge in [-0.1, -0.05) is 6.07 Å². The fourth-order valence-electron chi connectivity index (χ4n) is 2.50. The van der Waals surface area contributed by atoms with E-state index in [1.807, 2.05) is 39.2 Å². The van der Waals surface area contributed by atoms with E-state index in [1.54, 1.807) is 17.9 Å². The van der Waals surface area contributed by atoms with E-state index in [2.05, 4.69) is 21.8 Å². The van der Waals surface area contributed by atoms with Gasteiger partial charge in [-0.2, -0.15) is 5.10 Å². The minimum atomic E-state index is -0.412. The van der Waals surface area contributed by atoms with Gasteiger partial charge in [0.2, 0.25) is 5.91 Å². The number of aryl methyl sites for hydroxylation is 3. The van der Waals surface area contributed by atoms with Crippen molar-refractivity contribution in [3.05, 3.63) is 47.3 Å². The van der Waals surface area contributed by atoms with Crippen molar-refractivity contribution in [3.8, 4) is 5.75 Å². The lowest BCUT2D eigenvalue weighted by Gasteiger charge is -2.15. The fraction of sp³-hybridized carbons (Fsp3) is 0.412. The molecule has 2 rings (SSSR count). The van der Waals surface area contributed by atoms with Gasteiger partial charge < -0.3 is 15.4 Å². The van der Waals surface area contributed by atoms with E-state index < -0.39 is 6.04 Å². The molecule has 0 radical (unpaired) electrons. The van der Waals surface area contributed by atoms with Crippen molar-refractivity contribution in [2.45, 2.75) is 19.9 Å². The van der Waals surface area contributed by atoms with Crippen molar-refractivity contribution in [2.24, 2.45) is 7.05 Å². The SMILES string of the molecule is CNC(C(=O)NCCOc1cc(C)cc(C)c1)c1cnn(C)c1.Cl. The Hall–Kier alpha value is -2.05. The predicted octanol–water partition coefficient (Wildman–Crippen LogP) is 1.91. The Morgan fingerprint density at radius 1 is 1.29 bits per heavy atom. The molecule has 0 spiro atoms. The zero-order valence-corrected chi connectivity index (χ0v) is 15.3. The first-order chi connectivity index (χ1) is 11.0. The standard InChI is InChI=1S/C17H24N4O2.ClH/c1-12-7-13(2)9-15(8-12)23-6-5-19-17(22)16(18-3)14-10-20-21(4)11-14;/h7-11,16,18H,5-6H2,1-4H3,(H,19,22);1H. The van der Waals surface area contributed by atoms with Crippen LogP contribution in [-0.4, -0.2) is 35.9 Å². The molecule has 2 N–H and O–H groups in total. The number of hydrogen-bond acceptors (Lipinski definition) is 4. The second-order valence-electron chi connectivity index (χ2n) is 5.63. The first-order valence-electron chi connectivity index (χ1n) is 7.64. The largest absolute Gasteiger partial charge is 0.492 e. The van der Waals surface area contributed by atoms with Crippen molar-refractivity contribution in [2.75, 3.05) is 20.2 Å². The normalized spacial score (nSPS) is 11.5. The summed E-state index contributed by atoms with van der Waals surface area (Å²) in [6, 6.07) is 5.66. The van der Waals surface area contributed by atoms with Gasteiger partial charge in [0.05, 0.1) is 12.7 Å². The zero-order valence-electron chi connectivity index (χ0n) is 14.5. The summed E-state index contributed by atoms with van der Waals surface area (Å²) in [4.78, 5) is 12.2. The molecule has 0 saturated carbocycles. The van der Waals surface area contributed by atoms with Crippen LogP contribution in [-0.2, 0) is 11.8 Å². The van der Waals surface area contributed by atoms with E-state index in [0.717, 1.165) is 22.4 Å².